The highest BCUT2D eigenvalue weighted by Gasteiger charge is 2.06. The van der Waals surface area contributed by atoms with Crippen LogP contribution in [0.5, 0.6) is 0 Å². The second kappa shape index (κ2) is 11.2. The number of nitrogens with zero attached hydrogens (tertiary/aromatic N) is 2. The van der Waals surface area contributed by atoms with Gasteiger partial charge in [-0.15, -0.1) is 0 Å². The van der Waals surface area contributed by atoms with Crippen molar-refractivity contribution in [2.24, 2.45) is 0 Å². The fraction of sp³-hybridized carbons (Fsp3) is 0.318. The van der Waals surface area contributed by atoms with Crippen LogP contribution in [0.2, 0.25) is 0 Å². The Labute approximate surface area is 189 Å². The van der Waals surface area contributed by atoms with Crippen LogP contribution in [0.15, 0.2) is 53.3 Å². The van der Waals surface area contributed by atoms with E-state index in [1.54, 1.807) is 22.8 Å². The molecule has 32 heavy (non-hydrogen) atoms. The molecule has 0 aliphatic heterocycles. The van der Waals surface area contributed by atoms with Gasteiger partial charge in [0.1, 0.15) is 0 Å². The van der Waals surface area contributed by atoms with Crippen LogP contribution >= 0.6 is 12.2 Å². The molecule has 0 bridgehead atoms. The van der Waals surface area contributed by atoms with Gasteiger partial charge in [-0.25, -0.2) is 0 Å². The summed E-state index contributed by atoms with van der Waals surface area (Å²) < 4.78 is 1.98. The highest BCUT2D eigenvalue weighted by molar-refractivity contribution is 7.71. The number of carbonyl (C=O) groups is 1. The number of para-hydroxylation sites is 1. The Bertz CT molecular complexity index is 1200. The van der Waals surface area contributed by atoms with Gasteiger partial charge in [0, 0.05) is 43.9 Å². The minimum absolute atomic E-state index is 0.0318. The normalized spacial score (nSPS) is 10.8. The first-order chi connectivity index (χ1) is 15.5. The summed E-state index contributed by atoms with van der Waals surface area (Å²) in [5, 5.41) is 17.2. The third kappa shape index (κ3) is 6.24. The molecule has 1 aromatic heterocycles. The molecule has 3 aromatic rings. The standard InChI is InChI=1S/C22H25N5O4S/c28-20(24-14-13-23-16-9-11-17(12-10-16)27(30)31)8-2-1-5-15-26-21(29)18-6-3-4-7-19(18)25-22(26)32/h3-4,6-7,9-12,23H,1-2,5,8,13-15H2,(H,24,28)(H,25,32). The number of non-ortho nitro benzene ring substituents is 1. The Kier molecular flexibility index (Phi) is 8.09. The number of rotatable bonds is 11. The summed E-state index contributed by atoms with van der Waals surface area (Å²) in [5.41, 5.74) is 1.43. The first-order valence-electron chi connectivity index (χ1n) is 10.4. The van der Waals surface area contributed by atoms with E-state index in [4.69, 9.17) is 12.2 Å². The van der Waals surface area contributed by atoms with Gasteiger partial charge in [-0.2, -0.15) is 0 Å². The molecule has 0 aliphatic rings. The van der Waals surface area contributed by atoms with Crippen molar-refractivity contribution in [1.82, 2.24) is 14.9 Å². The van der Waals surface area contributed by atoms with E-state index < -0.39 is 4.92 Å². The lowest BCUT2D eigenvalue weighted by Crippen LogP contribution is -2.28. The third-order valence-electron chi connectivity index (χ3n) is 5.03. The van der Waals surface area contributed by atoms with Crippen molar-refractivity contribution >= 4 is 40.4 Å². The zero-order valence-electron chi connectivity index (χ0n) is 17.5. The first kappa shape index (κ1) is 23.1. The average Bonchev–Trinajstić information content (AvgIpc) is 2.78. The van der Waals surface area contributed by atoms with E-state index in [1.165, 1.54) is 12.1 Å². The third-order valence-corrected chi connectivity index (χ3v) is 5.35. The van der Waals surface area contributed by atoms with Crippen molar-refractivity contribution in [3.63, 3.8) is 0 Å². The number of nitrogens with one attached hydrogen (secondary N) is 3. The topological polar surface area (TPSA) is 122 Å². The zero-order valence-corrected chi connectivity index (χ0v) is 18.3. The molecule has 0 aliphatic carbocycles. The molecule has 1 amide bonds. The highest BCUT2D eigenvalue weighted by Crippen LogP contribution is 2.15. The molecule has 9 nitrogen and oxygen atoms in total. The number of amides is 1. The van der Waals surface area contributed by atoms with E-state index in [0.717, 1.165) is 30.5 Å². The van der Waals surface area contributed by atoms with Crippen molar-refractivity contribution in [2.75, 3.05) is 18.4 Å². The van der Waals surface area contributed by atoms with E-state index in [2.05, 4.69) is 15.6 Å². The number of H-pyrrole nitrogens is 1. The fourth-order valence-electron chi connectivity index (χ4n) is 3.33. The Hall–Kier alpha value is -3.53. The summed E-state index contributed by atoms with van der Waals surface area (Å²) in [6, 6.07) is 13.4. The summed E-state index contributed by atoms with van der Waals surface area (Å²) in [6.45, 7) is 1.49. The zero-order chi connectivity index (χ0) is 22.9. The Morgan fingerprint density at radius 1 is 1.06 bits per heavy atom. The molecule has 0 spiro atoms. The molecule has 0 atom stereocenters. The van der Waals surface area contributed by atoms with Gasteiger partial charge < -0.3 is 15.6 Å². The Morgan fingerprint density at radius 3 is 2.56 bits per heavy atom. The van der Waals surface area contributed by atoms with Crippen molar-refractivity contribution in [3.8, 4) is 0 Å². The van der Waals surface area contributed by atoms with Gasteiger partial charge in [-0.05, 0) is 49.3 Å². The number of hydrogen-bond acceptors (Lipinski definition) is 6. The van der Waals surface area contributed by atoms with Crippen molar-refractivity contribution in [1.29, 1.82) is 0 Å². The molecule has 0 saturated heterocycles. The van der Waals surface area contributed by atoms with Gasteiger partial charge in [0.2, 0.25) is 5.91 Å². The van der Waals surface area contributed by atoms with Crippen LogP contribution in [0, 0.1) is 14.9 Å². The minimum atomic E-state index is -0.446. The molecular weight excluding hydrogens is 430 g/mol. The summed E-state index contributed by atoms with van der Waals surface area (Å²) in [4.78, 5) is 37.8. The molecule has 3 N–H and O–H groups in total. The molecule has 0 radical (unpaired) electrons. The molecular formula is C22H25N5O4S. The molecule has 0 saturated carbocycles. The molecule has 3 rings (SSSR count). The smallest absolute Gasteiger partial charge is 0.269 e. The second-order valence-corrected chi connectivity index (χ2v) is 7.71. The van der Waals surface area contributed by atoms with Crippen LogP contribution in [0.25, 0.3) is 10.9 Å². The number of fused-ring (bicyclic) bond motifs is 1. The Morgan fingerprint density at radius 2 is 1.81 bits per heavy atom. The molecule has 168 valence electrons. The van der Waals surface area contributed by atoms with E-state index in [1.807, 2.05) is 18.2 Å². The van der Waals surface area contributed by atoms with Gasteiger partial charge in [0.05, 0.1) is 15.8 Å². The number of benzene rings is 2. The molecule has 2 aromatic carbocycles. The molecule has 0 unspecified atom stereocenters. The maximum atomic E-state index is 12.6. The number of nitro groups is 1. The lowest BCUT2D eigenvalue weighted by atomic mass is 10.2. The van der Waals surface area contributed by atoms with Crippen molar-refractivity contribution in [3.05, 3.63) is 73.8 Å². The highest BCUT2D eigenvalue weighted by atomic mass is 32.1. The largest absolute Gasteiger partial charge is 0.383 e. The predicted molar refractivity (Wildman–Crippen MR) is 126 cm³/mol. The summed E-state index contributed by atoms with van der Waals surface area (Å²) in [6.07, 6.45) is 2.70. The predicted octanol–water partition coefficient (Wildman–Crippen LogP) is 3.76. The number of aromatic nitrogens is 2. The van der Waals surface area contributed by atoms with Crippen molar-refractivity contribution in [2.45, 2.75) is 32.2 Å². The van der Waals surface area contributed by atoms with Gasteiger partial charge in [0.15, 0.2) is 4.77 Å². The second-order valence-electron chi connectivity index (χ2n) is 7.32. The van der Waals surface area contributed by atoms with Gasteiger partial charge in [-0.1, -0.05) is 18.6 Å². The quantitative estimate of drug-likeness (QED) is 0.175. The number of nitro benzene ring substituents is 1. The van der Waals surface area contributed by atoms with E-state index in [0.29, 0.717) is 36.2 Å². The summed E-state index contributed by atoms with van der Waals surface area (Å²) in [7, 11) is 0. The van der Waals surface area contributed by atoms with Gasteiger partial charge in [0.25, 0.3) is 11.2 Å². The molecule has 1 heterocycles. The van der Waals surface area contributed by atoms with E-state index in [-0.39, 0.29) is 17.2 Å². The van der Waals surface area contributed by atoms with Crippen LogP contribution in [-0.4, -0.2) is 33.5 Å². The number of aromatic amines is 1. The summed E-state index contributed by atoms with van der Waals surface area (Å²) in [5.74, 6) is -0.0318. The molecule has 10 heteroatoms. The monoisotopic (exact) mass is 455 g/mol. The number of hydrogen-bond donors (Lipinski definition) is 3. The van der Waals surface area contributed by atoms with Crippen molar-refractivity contribution < 1.29 is 9.72 Å². The minimum Gasteiger partial charge on any atom is -0.383 e. The van der Waals surface area contributed by atoms with Crippen LogP contribution in [0.1, 0.15) is 25.7 Å². The number of unbranched alkanes of at least 4 members (excludes halogenated alkanes) is 2. The molecule has 0 fully saturated rings. The van der Waals surface area contributed by atoms with Crippen LogP contribution in [0.4, 0.5) is 11.4 Å². The van der Waals surface area contributed by atoms with Crippen LogP contribution < -0.4 is 16.2 Å². The van der Waals surface area contributed by atoms with E-state index in [9.17, 15) is 19.7 Å². The number of carbonyl (C=O) groups excluding carboxylic acids is 1. The Balaban J connectivity index is 1.33. The number of anilines is 1. The maximum Gasteiger partial charge on any atom is 0.269 e. The SMILES string of the molecule is O=C(CCCCCn1c(=S)[nH]c2ccccc2c1=O)NCCNc1ccc([N+](=O)[O-])cc1. The van der Waals surface area contributed by atoms with E-state index >= 15 is 0 Å². The van der Waals surface area contributed by atoms with Gasteiger partial charge in [-0.3, -0.25) is 24.3 Å². The average molecular weight is 456 g/mol. The van der Waals surface area contributed by atoms with Crippen LogP contribution in [0.3, 0.4) is 0 Å². The first-order valence-corrected chi connectivity index (χ1v) is 10.8. The summed E-state index contributed by atoms with van der Waals surface area (Å²) >= 11 is 5.31. The van der Waals surface area contributed by atoms with Gasteiger partial charge >= 0.3 is 0 Å². The lowest BCUT2D eigenvalue weighted by molar-refractivity contribution is -0.384. The fourth-order valence-corrected chi connectivity index (χ4v) is 3.62. The van der Waals surface area contributed by atoms with Crippen LogP contribution in [-0.2, 0) is 11.3 Å². The maximum absolute atomic E-state index is 12.6. The lowest BCUT2D eigenvalue weighted by Gasteiger charge is -2.09.